The quantitative estimate of drug-likeness (QED) is 0.473. The minimum atomic E-state index is -4.49. The smallest absolute Gasteiger partial charge is 0.213 e. The van der Waals surface area contributed by atoms with Crippen LogP contribution >= 0.6 is 23.4 Å². The van der Waals surface area contributed by atoms with E-state index in [2.05, 4.69) is 9.97 Å². The molecule has 0 spiro atoms. The minimum Gasteiger partial charge on any atom is -0.213 e. The topological polar surface area (TPSA) is 25.8 Å². The summed E-state index contributed by atoms with van der Waals surface area (Å²) < 4.78 is 37.2. The van der Waals surface area contributed by atoms with Gasteiger partial charge in [-0.3, -0.25) is 0 Å². The third-order valence-electron chi connectivity index (χ3n) is 1.53. The maximum absolute atomic E-state index is 12.4. The van der Waals surface area contributed by atoms with Crippen molar-refractivity contribution in [3.05, 3.63) is 17.0 Å². The fraction of sp³-hybridized carbons (Fsp3) is 0.556. The Balaban J connectivity index is 2.90. The van der Waals surface area contributed by atoms with Crippen molar-refractivity contribution >= 4 is 23.4 Å². The summed E-state index contributed by atoms with van der Waals surface area (Å²) in [6.45, 7) is 3.95. The molecule has 16 heavy (non-hydrogen) atoms. The van der Waals surface area contributed by atoms with Crippen LogP contribution in [0.5, 0.6) is 0 Å². The Labute approximate surface area is 101 Å². The molecule has 0 bridgehead atoms. The van der Waals surface area contributed by atoms with E-state index < -0.39 is 11.9 Å². The highest BCUT2D eigenvalue weighted by atomic mass is 35.5. The zero-order valence-corrected chi connectivity index (χ0v) is 10.2. The van der Waals surface area contributed by atoms with Crippen molar-refractivity contribution < 1.29 is 13.2 Å². The van der Waals surface area contributed by atoms with Gasteiger partial charge < -0.3 is 0 Å². The van der Waals surface area contributed by atoms with E-state index in [1.807, 2.05) is 13.8 Å². The molecule has 0 aromatic carbocycles. The fourth-order valence-electron chi connectivity index (χ4n) is 0.868. The first kappa shape index (κ1) is 13.6. The molecule has 0 saturated heterocycles. The lowest BCUT2D eigenvalue weighted by molar-refractivity contribution is -0.141. The lowest BCUT2D eigenvalue weighted by Crippen LogP contribution is -2.09. The van der Waals surface area contributed by atoms with E-state index in [-0.39, 0.29) is 10.3 Å². The summed E-state index contributed by atoms with van der Waals surface area (Å²) in [6.07, 6.45) is -4.49. The molecule has 1 aromatic heterocycles. The highest BCUT2D eigenvalue weighted by Crippen LogP contribution is 2.31. The number of aromatic nitrogens is 2. The van der Waals surface area contributed by atoms with Gasteiger partial charge >= 0.3 is 6.18 Å². The van der Waals surface area contributed by atoms with Crippen LogP contribution < -0.4 is 0 Å². The molecular formula is C9H10ClF3N2S. The highest BCUT2D eigenvalue weighted by Gasteiger charge is 2.33. The number of hydrogen-bond acceptors (Lipinski definition) is 3. The minimum absolute atomic E-state index is 0.251. The van der Waals surface area contributed by atoms with Gasteiger partial charge in [-0.1, -0.05) is 13.8 Å². The summed E-state index contributed by atoms with van der Waals surface area (Å²) in [5.41, 5.74) is -1.00. The van der Waals surface area contributed by atoms with Crippen LogP contribution in [0.15, 0.2) is 11.1 Å². The number of hydrogen-bond donors (Lipinski definition) is 0. The molecule has 0 radical (unpaired) electrons. The van der Waals surface area contributed by atoms with E-state index in [1.54, 1.807) is 0 Å². The van der Waals surface area contributed by atoms with Gasteiger partial charge in [-0.05, 0) is 17.5 Å². The predicted molar refractivity (Wildman–Crippen MR) is 57.6 cm³/mol. The van der Waals surface area contributed by atoms with Crippen molar-refractivity contribution in [2.24, 2.45) is 5.92 Å². The van der Waals surface area contributed by atoms with Crippen LogP contribution in [0.2, 0.25) is 5.28 Å². The van der Waals surface area contributed by atoms with E-state index in [9.17, 15) is 13.2 Å². The standard InChI is InChI=1S/C9H10ClF3N2S/c1-5(2)4-16-7-3-6(9(11,12)13)14-8(10)15-7/h3,5H,4H2,1-2H3. The molecule has 0 aliphatic heterocycles. The number of rotatable bonds is 3. The molecule has 0 fully saturated rings. The number of nitrogens with zero attached hydrogens (tertiary/aromatic N) is 2. The molecule has 0 aliphatic carbocycles. The monoisotopic (exact) mass is 270 g/mol. The van der Waals surface area contributed by atoms with E-state index in [0.717, 1.165) is 6.07 Å². The Kier molecular flexibility index (Phi) is 4.43. The van der Waals surface area contributed by atoms with Gasteiger partial charge in [0.25, 0.3) is 0 Å². The summed E-state index contributed by atoms with van der Waals surface area (Å²) >= 11 is 6.67. The van der Waals surface area contributed by atoms with Crippen LogP contribution in [0.3, 0.4) is 0 Å². The molecular weight excluding hydrogens is 261 g/mol. The Morgan fingerprint density at radius 1 is 1.38 bits per heavy atom. The average molecular weight is 271 g/mol. The zero-order chi connectivity index (χ0) is 12.3. The van der Waals surface area contributed by atoms with Crippen LogP contribution in [0.4, 0.5) is 13.2 Å². The van der Waals surface area contributed by atoms with E-state index in [4.69, 9.17) is 11.6 Å². The maximum Gasteiger partial charge on any atom is 0.433 e. The van der Waals surface area contributed by atoms with Crippen molar-refractivity contribution in [1.29, 1.82) is 0 Å². The van der Waals surface area contributed by atoms with Gasteiger partial charge in [0.15, 0.2) is 5.69 Å². The molecule has 1 heterocycles. The molecule has 0 atom stereocenters. The van der Waals surface area contributed by atoms with E-state index >= 15 is 0 Å². The Hall–Kier alpha value is -0.490. The maximum atomic E-state index is 12.4. The van der Waals surface area contributed by atoms with Crippen LogP contribution in [-0.4, -0.2) is 15.7 Å². The third-order valence-corrected chi connectivity index (χ3v) is 3.04. The third kappa shape index (κ3) is 4.17. The van der Waals surface area contributed by atoms with Crippen molar-refractivity contribution in [1.82, 2.24) is 9.97 Å². The van der Waals surface area contributed by atoms with Gasteiger partial charge in [0, 0.05) is 11.8 Å². The van der Waals surface area contributed by atoms with Crippen molar-refractivity contribution in [3.63, 3.8) is 0 Å². The van der Waals surface area contributed by atoms with Crippen LogP contribution in [0, 0.1) is 5.92 Å². The van der Waals surface area contributed by atoms with Crippen LogP contribution in [0.1, 0.15) is 19.5 Å². The Morgan fingerprint density at radius 3 is 2.50 bits per heavy atom. The summed E-state index contributed by atoms with van der Waals surface area (Å²) in [7, 11) is 0. The lowest BCUT2D eigenvalue weighted by atomic mass is 10.3. The normalized spacial score (nSPS) is 12.2. The second-order valence-electron chi connectivity index (χ2n) is 3.56. The summed E-state index contributed by atoms with van der Waals surface area (Å²) in [4.78, 5) is 6.88. The zero-order valence-electron chi connectivity index (χ0n) is 8.68. The summed E-state index contributed by atoms with van der Waals surface area (Å²) in [5, 5.41) is -0.123. The van der Waals surface area contributed by atoms with Crippen molar-refractivity contribution in [3.8, 4) is 0 Å². The largest absolute Gasteiger partial charge is 0.433 e. The first-order valence-electron chi connectivity index (χ1n) is 4.53. The van der Waals surface area contributed by atoms with Crippen LogP contribution in [0.25, 0.3) is 0 Å². The molecule has 0 amide bonds. The summed E-state index contributed by atoms with van der Waals surface area (Å²) in [5.74, 6) is 1.05. The summed E-state index contributed by atoms with van der Waals surface area (Å²) in [6, 6.07) is 0.916. The molecule has 0 aliphatic rings. The molecule has 1 rings (SSSR count). The number of alkyl halides is 3. The number of halogens is 4. The van der Waals surface area contributed by atoms with Crippen molar-refractivity contribution in [2.75, 3.05) is 5.75 Å². The predicted octanol–water partition coefficient (Wildman–Crippen LogP) is 3.90. The second-order valence-corrected chi connectivity index (χ2v) is 4.94. The molecule has 0 unspecified atom stereocenters. The average Bonchev–Trinajstić information content (AvgIpc) is 2.12. The lowest BCUT2D eigenvalue weighted by Gasteiger charge is -2.08. The highest BCUT2D eigenvalue weighted by molar-refractivity contribution is 7.99. The van der Waals surface area contributed by atoms with E-state index in [1.165, 1.54) is 11.8 Å². The molecule has 0 saturated carbocycles. The van der Waals surface area contributed by atoms with Gasteiger partial charge in [0.1, 0.15) is 5.03 Å². The van der Waals surface area contributed by atoms with Gasteiger partial charge in [-0.2, -0.15) is 13.2 Å². The van der Waals surface area contributed by atoms with Gasteiger partial charge in [-0.25, -0.2) is 9.97 Å². The molecule has 7 heteroatoms. The SMILES string of the molecule is CC(C)CSc1cc(C(F)(F)F)nc(Cl)n1. The first-order chi connectivity index (χ1) is 7.29. The molecule has 90 valence electrons. The van der Waals surface area contributed by atoms with Crippen LogP contribution in [-0.2, 0) is 6.18 Å². The fourth-order valence-corrected chi connectivity index (χ4v) is 1.95. The Morgan fingerprint density at radius 2 is 2.00 bits per heavy atom. The number of thioether (sulfide) groups is 1. The molecule has 0 N–H and O–H groups in total. The molecule has 1 aromatic rings. The van der Waals surface area contributed by atoms with Crippen molar-refractivity contribution in [2.45, 2.75) is 25.0 Å². The molecule has 2 nitrogen and oxygen atoms in total. The van der Waals surface area contributed by atoms with Gasteiger partial charge in [0.2, 0.25) is 5.28 Å². The second kappa shape index (κ2) is 5.23. The van der Waals surface area contributed by atoms with Gasteiger partial charge in [0.05, 0.1) is 0 Å². The van der Waals surface area contributed by atoms with E-state index in [0.29, 0.717) is 11.7 Å². The first-order valence-corrected chi connectivity index (χ1v) is 5.90. The van der Waals surface area contributed by atoms with Gasteiger partial charge in [-0.15, -0.1) is 11.8 Å². The Bertz CT molecular complexity index is 368.